The normalized spacial score (nSPS) is 13.8. The molecule has 0 bridgehead atoms. The number of benzene rings is 2. The Morgan fingerprint density at radius 3 is 2.57 bits per heavy atom. The van der Waals surface area contributed by atoms with Crippen molar-refractivity contribution in [2.75, 3.05) is 0 Å². The summed E-state index contributed by atoms with van der Waals surface area (Å²) >= 11 is 6.42. The number of rotatable bonds is 4. The molecule has 0 amide bonds. The van der Waals surface area contributed by atoms with Gasteiger partial charge in [-0.1, -0.05) is 35.9 Å². The van der Waals surface area contributed by atoms with Gasteiger partial charge in [-0.15, -0.1) is 0 Å². The fraction of sp³-hybridized carbons (Fsp3) is 0.174. The number of halogens is 1. The molecule has 0 N–H and O–H groups in total. The van der Waals surface area contributed by atoms with Crippen molar-refractivity contribution in [2.45, 2.75) is 25.2 Å². The molecule has 0 radical (unpaired) electrons. The lowest BCUT2D eigenvalue weighted by atomic mass is 10.0. The molecule has 0 spiro atoms. The van der Waals surface area contributed by atoms with Crippen LogP contribution in [0.1, 0.15) is 35.6 Å². The molecular weight excluding hydrogens is 370 g/mol. The molecule has 0 aliphatic heterocycles. The van der Waals surface area contributed by atoms with Crippen LogP contribution in [0, 0.1) is 0 Å². The molecule has 5 rings (SSSR count). The maximum absolute atomic E-state index is 13.1. The van der Waals surface area contributed by atoms with Crippen molar-refractivity contribution in [3.8, 4) is 5.69 Å². The topological polar surface area (TPSA) is 47.8 Å². The van der Waals surface area contributed by atoms with E-state index in [2.05, 4.69) is 28.2 Å². The summed E-state index contributed by atoms with van der Waals surface area (Å²) in [6.45, 7) is 0. The van der Waals surface area contributed by atoms with Gasteiger partial charge in [-0.05, 0) is 60.2 Å². The Labute approximate surface area is 167 Å². The average Bonchev–Trinajstić information content (AvgIpc) is 3.55. The van der Waals surface area contributed by atoms with Crippen molar-refractivity contribution in [3.63, 3.8) is 0 Å². The fourth-order valence-electron chi connectivity index (χ4n) is 3.67. The highest BCUT2D eigenvalue weighted by molar-refractivity contribution is 6.32. The van der Waals surface area contributed by atoms with E-state index in [-0.39, 0.29) is 5.69 Å². The van der Waals surface area contributed by atoms with Gasteiger partial charge in [0.2, 0.25) is 0 Å². The second-order valence-corrected chi connectivity index (χ2v) is 7.62. The van der Waals surface area contributed by atoms with Crippen LogP contribution >= 0.6 is 11.6 Å². The van der Waals surface area contributed by atoms with Crippen molar-refractivity contribution in [2.24, 2.45) is 0 Å². The van der Waals surface area contributed by atoms with Crippen LogP contribution < -0.4 is 5.69 Å². The van der Waals surface area contributed by atoms with Gasteiger partial charge in [-0.25, -0.2) is 4.79 Å². The maximum atomic E-state index is 13.1. The Balaban J connectivity index is 1.77. The van der Waals surface area contributed by atoms with Gasteiger partial charge in [-0.2, -0.15) is 4.98 Å². The monoisotopic (exact) mass is 387 g/mol. The summed E-state index contributed by atoms with van der Waals surface area (Å²) in [4.78, 5) is 21.6. The van der Waals surface area contributed by atoms with Gasteiger partial charge in [0.25, 0.3) is 0 Å². The molecule has 1 aliphatic rings. The van der Waals surface area contributed by atoms with E-state index in [1.165, 1.54) is 18.4 Å². The molecule has 1 fully saturated rings. The van der Waals surface area contributed by atoms with Crippen LogP contribution in [0.3, 0.4) is 0 Å². The first kappa shape index (κ1) is 17.1. The van der Waals surface area contributed by atoms with Crippen molar-refractivity contribution >= 4 is 22.5 Å². The van der Waals surface area contributed by atoms with Gasteiger partial charge >= 0.3 is 5.69 Å². The summed E-state index contributed by atoms with van der Waals surface area (Å²) in [6, 6.07) is 17.7. The highest BCUT2D eigenvalue weighted by Crippen LogP contribution is 2.41. The van der Waals surface area contributed by atoms with E-state index in [0.29, 0.717) is 23.0 Å². The third kappa shape index (κ3) is 3.10. The summed E-state index contributed by atoms with van der Waals surface area (Å²) in [5.74, 6) is 0.594. The lowest BCUT2D eigenvalue weighted by Crippen LogP contribution is -2.24. The first-order valence-corrected chi connectivity index (χ1v) is 9.78. The third-order valence-corrected chi connectivity index (χ3v) is 5.58. The lowest BCUT2D eigenvalue weighted by Gasteiger charge is -2.15. The zero-order valence-corrected chi connectivity index (χ0v) is 15.9. The first-order valence-electron chi connectivity index (χ1n) is 9.40. The largest absolute Gasteiger partial charge is 0.352 e. The molecule has 0 saturated heterocycles. The predicted octanol–water partition coefficient (Wildman–Crippen LogP) is 4.90. The zero-order chi connectivity index (χ0) is 19.1. The molecule has 138 valence electrons. The molecule has 2 aromatic heterocycles. The van der Waals surface area contributed by atoms with Crippen LogP contribution in [-0.4, -0.2) is 14.5 Å². The van der Waals surface area contributed by atoms with E-state index < -0.39 is 0 Å². The molecule has 1 saturated carbocycles. The van der Waals surface area contributed by atoms with Gasteiger partial charge in [0.1, 0.15) is 0 Å². The minimum atomic E-state index is -0.308. The number of para-hydroxylation sites is 1. The van der Waals surface area contributed by atoms with E-state index in [0.717, 1.165) is 22.2 Å². The first-order chi connectivity index (χ1) is 13.7. The molecule has 4 aromatic rings. The second-order valence-electron chi connectivity index (χ2n) is 7.21. The number of fused-ring (bicyclic) bond motifs is 1. The van der Waals surface area contributed by atoms with Crippen LogP contribution in [-0.2, 0) is 6.42 Å². The summed E-state index contributed by atoms with van der Waals surface area (Å²) in [6.07, 6.45) is 6.51. The number of pyridine rings is 1. The highest BCUT2D eigenvalue weighted by atomic mass is 35.5. The van der Waals surface area contributed by atoms with Crippen LogP contribution in [0.5, 0.6) is 0 Å². The fourth-order valence-corrected chi connectivity index (χ4v) is 3.89. The SMILES string of the molecule is O=c1nc(Cc2ccncc2)c2ccc(C3CC3)cc2n1-c1ccccc1Cl. The minimum absolute atomic E-state index is 0.308. The van der Waals surface area contributed by atoms with E-state index in [1.54, 1.807) is 23.0 Å². The summed E-state index contributed by atoms with van der Waals surface area (Å²) in [5.41, 5.74) is 4.34. The zero-order valence-electron chi connectivity index (χ0n) is 15.2. The summed E-state index contributed by atoms with van der Waals surface area (Å²) in [5, 5.41) is 1.51. The van der Waals surface area contributed by atoms with Crippen molar-refractivity contribution < 1.29 is 0 Å². The molecule has 5 heteroatoms. The van der Waals surface area contributed by atoms with Gasteiger partial charge in [0.15, 0.2) is 0 Å². The van der Waals surface area contributed by atoms with Crippen LogP contribution in [0.4, 0.5) is 0 Å². The maximum Gasteiger partial charge on any atom is 0.352 e. The Morgan fingerprint density at radius 1 is 1.04 bits per heavy atom. The Morgan fingerprint density at radius 2 is 1.82 bits per heavy atom. The average molecular weight is 388 g/mol. The quantitative estimate of drug-likeness (QED) is 0.500. The Bertz CT molecular complexity index is 1230. The smallest absolute Gasteiger partial charge is 0.265 e. The molecule has 1 aliphatic carbocycles. The van der Waals surface area contributed by atoms with Crippen molar-refractivity contribution in [3.05, 3.63) is 99.3 Å². The molecular formula is C23H18ClN3O. The number of hydrogen-bond donors (Lipinski definition) is 0. The van der Waals surface area contributed by atoms with Gasteiger partial charge in [-0.3, -0.25) is 9.55 Å². The molecule has 28 heavy (non-hydrogen) atoms. The van der Waals surface area contributed by atoms with Crippen LogP contribution in [0.25, 0.3) is 16.6 Å². The predicted molar refractivity (Wildman–Crippen MR) is 111 cm³/mol. The molecule has 2 aromatic carbocycles. The van der Waals surface area contributed by atoms with E-state index >= 15 is 0 Å². The van der Waals surface area contributed by atoms with Crippen LogP contribution in [0.2, 0.25) is 5.02 Å². The standard InChI is InChI=1S/C23H18ClN3O/c24-19-3-1-2-4-21(19)27-22-14-17(16-5-6-16)7-8-18(22)20(26-23(27)28)13-15-9-11-25-12-10-15/h1-4,7-12,14,16H,5-6,13H2. The van der Waals surface area contributed by atoms with Gasteiger partial charge in [0, 0.05) is 24.2 Å². The van der Waals surface area contributed by atoms with E-state index in [4.69, 9.17) is 11.6 Å². The number of aromatic nitrogens is 3. The summed E-state index contributed by atoms with van der Waals surface area (Å²) < 4.78 is 1.64. The second kappa shape index (κ2) is 6.88. The van der Waals surface area contributed by atoms with Crippen molar-refractivity contribution in [1.29, 1.82) is 0 Å². The summed E-state index contributed by atoms with van der Waals surface area (Å²) in [7, 11) is 0. The Hall–Kier alpha value is -2.98. The lowest BCUT2D eigenvalue weighted by molar-refractivity contribution is 0.917. The van der Waals surface area contributed by atoms with E-state index in [1.807, 2.05) is 30.3 Å². The van der Waals surface area contributed by atoms with Gasteiger partial charge in [0.05, 0.1) is 21.9 Å². The van der Waals surface area contributed by atoms with Crippen LogP contribution in [0.15, 0.2) is 71.8 Å². The number of hydrogen-bond acceptors (Lipinski definition) is 3. The minimum Gasteiger partial charge on any atom is -0.265 e. The third-order valence-electron chi connectivity index (χ3n) is 5.26. The molecule has 2 heterocycles. The highest BCUT2D eigenvalue weighted by Gasteiger charge is 2.24. The molecule has 4 nitrogen and oxygen atoms in total. The van der Waals surface area contributed by atoms with Gasteiger partial charge < -0.3 is 0 Å². The van der Waals surface area contributed by atoms with Crippen molar-refractivity contribution in [1.82, 2.24) is 14.5 Å². The number of nitrogens with zero attached hydrogens (tertiary/aromatic N) is 3. The van der Waals surface area contributed by atoms with E-state index in [9.17, 15) is 4.79 Å². The Kier molecular flexibility index (Phi) is 4.21. The molecule has 0 unspecified atom stereocenters. The molecule has 0 atom stereocenters.